The largest absolute Gasteiger partial charge is 0.468 e. The van der Waals surface area contributed by atoms with Gasteiger partial charge in [-0.2, -0.15) is 9.97 Å². The fourth-order valence-corrected chi connectivity index (χ4v) is 23.2. The Kier molecular flexibility index (Phi) is 15.7. The molecule has 75 heavy (non-hydrogen) atoms. The first-order chi connectivity index (χ1) is 35.7. The smallest absolute Gasteiger partial charge is 0.319 e. The molecule has 2 aromatic heterocycles. The molecule has 0 saturated carbocycles. The van der Waals surface area contributed by atoms with Crippen LogP contribution in [0.5, 0.6) is 11.8 Å². The lowest BCUT2D eigenvalue weighted by Gasteiger charge is -2.44. The standard InChI is InChI=1S/C61H77F2N5O5Si2/c1-41(2)74(42(3)4,43(5)6)33-27-49-52(62)25-24-44-34-46(72-40-70-11)35-50(53(44)49)55-54(63)56-51(36-64-55)57(67-31-18-28-60(10,69)38-67)66-58(65-56)71-39-61-29-19-32-68(61)45(26-30-61)37-73-75(59(7,8)9,47-20-14-12-15-21-47)48-22-16-13-17-23-48/h12-17,20-25,34-36,41-43,45,69H,18-19,26,28-32,37-40H2,1-11H3/t45-,60-,61+/m1/s1. The number of anilines is 1. The molecular weight excluding hydrogens is 977 g/mol. The second kappa shape index (κ2) is 21.6. The normalized spacial score (nSPS) is 20.6. The fourth-order valence-electron chi connectivity index (χ4n) is 13.4. The first-order valence-electron chi connectivity index (χ1n) is 27.1. The van der Waals surface area contributed by atoms with Crippen molar-refractivity contribution in [3.05, 3.63) is 108 Å². The third-order valence-electron chi connectivity index (χ3n) is 16.9. The monoisotopic (exact) mass is 1050 g/mol. The van der Waals surface area contributed by atoms with Gasteiger partial charge in [0.1, 0.15) is 43.3 Å². The van der Waals surface area contributed by atoms with Crippen LogP contribution in [0.4, 0.5) is 14.6 Å². The van der Waals surface area contributed by atoms with Crippen LogP contribution >= 0.6 is 0 Å². The predicted octanol–water partition coefficient (Wildman–Crippen LogP) is 12.0. The van der Waals surface area contributed by atoms with Crippen molar-refractivity contribution in [2.24, 2.45) is 0 Å². The number of fused-ring (bicyclic) bond motifs is 3. The molecule has 4 aromatic carbocycles. The lowest BCUT2D eigenvalue weighted by molar-refractivity contribution is 0.0446. The van der Waals surface area contributed by atoms with Crippen LogP contribution in [0.25, 0.3) is 32.9 Å². The Balaban J connectivity index is 1.11. The summed E-state index contributed by atoms with van der Waals surface area (Å²) < 4.78 is 60.2. The van der Waals surface area contributed by atoms with Crippen molar-refractivity contribution in [1.29, 1.82) is 0 Å². The first kappa shape index (κ1) is 54.5. The van der Waals surface area contributed by atoms with Crippen molar-refractivity contribution in [2.75, 3.05) is 51.7 Å². The minimum atomic E-state index is -2.78. The van der Waals surface area contributed by atoms with Crippen LogP contribution in [0.2, 0.25) is 21.7 Å². The Hall–Kier alpha value is -5.28. The molecule has 14 heteroatoms. The molecule has 3 atom stereocenters. The van der Waals surface area contributed by atoms with Crippen LogP contribution in [0.3, 0.4) is 0 Å². The molecule has 0 radical (unpaired) electrons. The van der Waals surface area contributed by atoms with E-state index in [2.05, 4.69) is 139 Å². The van der Waals surface area contributed by atoms with Crippen molar-refractivity contribution in [3.8, 4) is 34.5 Å². The molecule has 0 bridgehead atoms. The van der Waals surface area contributed by atoms with E-state index in [4.69, 9.17) is 33.6 Å². The van der Waals surface area contributed by atoms with Gasteiger partial charge in [-0.05, 0) is 108 Å². The highest BCUT2D eigenvalue weighted by molar-refractivity contribution is 6.99. The van der Waals surface area contributed by atoms with Crippen LogP contribution in [-0.4, -0.2) is 105 Å². The Morgan fingerprint density at radius 1 is 0.840 bits per heavy atom. The van der Waals surface area contributed by atoms with Crippen molar-refractivity contribution in [2.45, 2.75) is 147 Å². The first-order valence-corrected chi connectivity index (χ1v) is 31.3. The highest BCUT2D eigenvalue weighted by atomic mass is 28.4. The third kappa shape index (κ3) is 10.3. The van der Waals surface area contributed by atoms with Crippen LogP contribution < -0.4 is 24.7 Å². The van der Waals surface area contributed by atoms with Gasteiger partial charge >= 0.3 is 6.01 Å². The number of β-amino-alcohol motifs (C(OH)–C–C–N with tert-alkyl or cyclic N) is 1. The lowest BCUT2D eigenvalue weighted by Crippen LogP contribution is -2.67. The van der Waals surface area contributed by atoms with E-state index in [1.54, 1.807) is 24.4 Å². The lowest BCUT2D eigenvalue weighted by atomic mass is 9.94. The SMILES string of the molecule is COCOc1cc(-c2ncc3c(N4CCC[C@@](C)(O)C4)nc(OC[C@@]45CCCN4[C@@H](CO[Si](c4ccccc4)(c4ccccc4)C(C)(C)C)CC5)nc3c2F)c2c(C#C[Si](C(C)C)(C(C)C)C(C)C)c(F)ccc2c1. The summed E-state index contributed by atoms with van der Waals surface area (Å²) in [5.41, 5.74) is 3.84. The number of hydrogen-bond acceptors (Lipinski definition) is 10. The van der Waals surface area contributed by atoms with Crippen molar-refractivity contribution >= 4 is 54.3 Å². The average molecular weight is 1050 g/mol. The molecular formula is C61H77F2N5O5Si2. The third-order valence-corrected chi connectivity index (χ3v) is 28.2. The number of rotatable bonds is 16. The quantitative estimate of drug-likeness (QED) is 0.0573. The van der Waals surface area contributed by atoms with Gasteiger partial charge in [0.15, 0.2) is 12.6 Å². The molecule has 3 saturated heterocycles. The molecule has 3 fully saturated rings. The zero-order valence-electron chi connectivity index (χ0n) is 46.0. The second-order valence-electron chi connectivity index (χ2n) is 23.7. The molecule has 10 nitrogen and oxygen atoms in total. The zero-order chi connectivity index (χ0) is 53.5. The molecule has 0 spiro atoms. The molecule has 1 N–H and O–H groups in total. The summed E-state index contributed by atoms with van der Waals surface area (Å²) in [5, 5.41) is 15.2. The molecule has 9 rings (SSSR count). The summed E-state index contributed by atoms with van der Waals surface area (Å²) in [5.74, 6) is 3.00. The Labute approximate surface area is 445 Å². The predicted molar refractivity (Wildman–Crippen MR) is 303 cm³/mol. The molecule has 0 amide bonds. The van der Waals surface area contributed by atoms with Gasteiger partial charge in [-0.15, -0.1) is 5.54 Å². The number of halogens is 2. The molecule has 3 aliphatic heterocycles. The molecule has 6 aromatic rings. The van der Waals surface area contributed by atoms with Gasteiger partial charge in [0, 0.05) is 43.4 Å². The van der Waals surface area contributed by atoms with E-state index in [0.717, 1.165) is 32.2 Å². The summed E-state index contributed by atoms with van der Waals surface area (Å²) in [6.07, 6.45) is 6.73. The molecule has 0 unspecified atom stereocenters. The van der Waals surface area contributed by atoms with Crippen LogP contribution in [0, 0.1) is 23.1 Å². The number of pyridine rings is 1. The Morgan fingerprint density at radius 2 is 1.51 bits per heavy atom. The molecule has 5 heterocycles. The van der Waals surface area contributed by atoms with Gasteiger partial charge in [-0.25, -0.2) is 8.78 Å². The van der Waals surface area contributed by atoms with E-state index in [1.165, 1.54) is 23.5 Å². The van der Waals surface area contributed by atoms with E-state index in [1.807, 2.05) is 11.8 Å². The number of hydrogen-bond donors (Lipinski definition) is 1. The summed E-state index contributed by atoms with van der Waals surface area (Å²) in [6, 6.07) is 28.4. The van der Waals surface area contributed by atoms with Crippen molar-refractivity contribution in [3.63, 3.8) is 0 Å². The number of aliphatic hydroxyl groups is 1. The molecule has 3 aliphatic rings. The van der Waals surface area contributed by atoms with Crippen molar-refractivity contribution < 1.29 is 32.5 Å². The number of methoxy groups -OCH3 is 1. The highest BCUT2D eigenvalue weighted by Gasteiger charge is 2.54. The minimum Gasteiger partial charge on any atom is -0.468 e. The van der Waals surface area contributed by atoms with Gasteiger partial charge in [-0.1, -0.05) is 135 Å². The minimum absolute atomic E-state index is 0.0141. The zero-order valence-corrected chi connectivity index (χ0v) is 48.0. The maximum absolute atomic E-state index is 18.1. The van der Waals surface area contributed by atoms with E-state index in [-0.39, 0.29) is 52.7 Å². The van der Waals surface area contributed by atoms with Gasteiger partial charge in [-0.3, -0.25) is 9.88 Å². The maximum atomic E-state index is 18.1. The fraction of sp³-hybridized carbons (Fsp3) is 0.492. The van der Waals surface area contributed by atoms with E-state index >= 15 is 8.78 Å². The summed E-state index contributed by atoms with van der Waals surface area (Å²) >= 11 is 0. The van der Waals surface area contributed by atoms with E-state index in [9.17, 15) is 5.11 Å². The molecule has 398 valence electrons. The van der Waals surface area contributed by atoms with Gasteiger partial charge in [0.25, 0.3) is 8.32 Å². The summed E-state index contributed by atoms with van der Waals surface area (Å²) in [4.78, 5) is 19.4. The molecule has 0 aliphatic carbocycles. The van der Waals surface area contributed by atoms with Gasteiger partial charge in [0.05, 0.1) is 28.7 Å². The van der Waals surface area contributed by atoms with Gasteiger partial charge < -0.3 is 28.6 Å². The summed E-state index contributed by atoms with van der Waals surface area (Å²) in [7, 11) is -3.58. The topological polar surface area (TPSA) is 102 Å². The number of nitrogens with zero attached hydrogens (tertiary/aromatic N) is 5. The number of piperidine rings is 1. The van der Waals surface area contributed by atoms with Crippen LogP contribution in [-0.2, 0) is 9.16 Å². The summed E-state index contributed by atoms with van der Waals surface area (Å²) in [6.45, 7) is 24.7. The average Bonchev–Trinajstić information content (AvgIpc) is 3.96. The van der Waals surface area contributed by atoms with Crippen LogP contribution in [0.1, 0.15) is 113 Å². The maximum Gasteiger partial charge on any atom is 0.319 e. The Morgan fingerprint density at radius 3 is 2.13 bits per heavy atom. The van der Waals surface area contributed by atoms with E-state index < -0.39 is 33.6 Å². The number of benzene rings is 4. The number of ether oxygens (including phenoxy) is 3. The second-order valence-corrected chi connectivity index (χ2v) is 33.6. The van der Waals surface area contributed by atoms with E-state index in [0.29, 0.717) is 82.5 Å². The Bertz CT molecular complexity index is 3010. The highest BCUT2D eigenvalue weighted by Crippen LogP contribution is 2.46. The van der Waals surface area contributed by atoms with Crippen molar-refractivity contribution in [1.82, 2.24) is 19.9 Å². The van der Waals surface area contributed by atoms with Gasteiger partial charge in [0.2, 0.25) is 0 Å². The van der Waals surface area contributed by atoms with Crippen LogP contribution in [0.15, 0.2) is 91.1 Å². The number of aromatic nitrogens is 3.